The monoisotopic (exact) mass is 465 g/mol. The van der Waals surface area contributed by atoms with E-state index in [-0.39, 0.29) is 24.2 Å². The summed E-state index contributed by atoms with van der Waals surface area (Å²) in [6.07, 6.45) is 3.71. The molecule has 0 unspecified atom stereocenters. The molecule has 1 aromatic carbocycles. The van der Waals surface area contributed by atoms with Crippen molar-refractivity contribution in [3.63, 3.8) is 0 Å². The van der Waals surface area contributed by atoms with E-state index in [9.17, 15) is 0 Å². The van der Waals surface area contributed by atoms with Crippen LogP contribution < -0.4 is 37.6 Å². The molecule has 34 heavy (non-hydrogen) atoms. The fraction of sp³-hybridized carbons (Fsp3) is 0.625. The van der Waals surface area contributed by atoms with Crippen LogP contribution in [0.3, 0.4) is 0 Å². The van der Waals surface area contributed by atoms with Crippen molar-refractivity contribution in [1.82, 2.24) is 15.0 Å². The lowest BCUT2D eigenvalue weighted by atomic mass is 9.90. The van der Waals surface area contributed by atoms with Crippen LogP contribution in [0, 0.1) is 6.07 Å². The molecule has 0 saturated carbocycles. The maximum Gasteiger partial charge on any atom is 0.232 e. The number of aromatic nitrogens is 3. The normalized spacial score (nSPS) is 28.9. The number of hydrogen-bond acceptors (Lipinski definition) is 10. The minimum atomic E-state index is 0.00247. The van der Waals surface area contributed by atoms with Gasteiger partial charge in [0.1, 0.15) is 0 Å². The van der Waals surface area contributed by atoms with E-state index in [1.54, 1.807) is 0 Å². The number of hydrogen-bond donors (Lipinski definition) is 4. The van der Waals surface area contributed by atoms with Gasteiger partial charge in [0, 0.05) is 63.4 Å². The van der Waals surface area contributed by atoms with Crippen LogP contribution >= 0.6 is 0 Å². The van der Waals surface area contributed by atoms with E-state index in [0.717, 1.165) is 38.8 Å². The van der Waals surface area contributed by atoms with Gasteiger partial charge in [0.2, 0.25) is 17.8 Å². The zero-order chi connectivity index (χ0) is 23.7. The maximum atomic E-state index is 6.27. The summed E-state index contributed by atoms with van der Waals surface area (Å²) >= 11 is 0. The summed E-state index contributed by atoms with van der Waals surface area (Å²) in [7, 11) is 0. The van der Waals surface area contributed by atoms with Crippen molar-refractivity contribution < 1.29 is 0 Å². The molecule has 3 fully saturated rings. The van der Waals surface area contributed by atoms with Gasteiger partial charge in [0.25, 0.3) is 0 Å². The van der Waals surface area contributed by atoms with Gasteiger partial charge >= 0.3 is 0 Å². The molecule has 1 radical (unpaired) electrons. The van der Waals surface area contributed by atoms with Gasteiger partial charge in [-0.2, -0.15) is 15.0 Å². The van der Waals surface area contributed by atoms with E-state index >= 15 is 0 Å². The third-order valence-electron chi connectivity index (χ3n) is 7.18. The van der Waals surface area contributed by atoms with Crippen LogP contribution in [-0.4, -0.2) is 78.4 Å². The summed E-state index contributed by atoms with van der Waals surface area (Å²) in [4.78, 5) is 21.1. The van der Waals surface area contributed by atoms with Crippen LogP contribution in [0.5, 0.6) is 0 Å². The van der Waals surface area contributed by atoms with Crippen LogP contribution in [0.15, 0.2) is 24.3 Å². The number of nitrogens with two attached hydrogens (primary N) is 4. The van der Waals surface area contributed by atoms with Gasteiger partial charge < -0.3 is 37.6 Å². The number of benzene rings is 1. The highest BCUT2D eigenvalue weighted by molar-refractivity contribution is 5.48. The Hall–Kier alpha value is -2.53. The van der Waals surface area contributed by atoms with Crippen LogP contribution in [0.1, 0.15) is 37.2 Å². The Morgan fingerprint density at radius 1 is 0.706 bits per heavy atom. The fourth-order valence-corrected chi connectivity index (χ4v) is 5.53. The molecule has 183 valence electrons. The summed E-state index contributed by atoms with van der Waals surface area (Å²) < 4.78 is 0. The van der Waals surface area contributed by atoms with Crippen molar-refractivity contribution in [3.8, 4) is 0 Å². The highest BCUT2D eigenvalue weighted by Gasteiger charge is 2.30. The maximum absolute atomic E-state index is 6.27. The molecular weight excluding hydrogens is 428 g/mol. The molecule has 5 rings (SSSR count). The van der Waals surface area contributed by atoms with Crippen molar-refractivity contribution in [2.24, 2.45) is 22.9 Å². The molecule has 2 aromatic rings. The average molecular weight is 466 g/mol. The lowest BCUT2D eigenvalue weighted by Gasteiger charge is -2.38. The lowest BCUT2D eigenvalue weighted by Crippen LogP contribution is -2.54. The van der Waals surface area contributed by atoms with Gasteiger partial charge in [-0.25, -0.2) is 0 Å². The number of rotatable bonds is 4. The van der Waals surface area contributed by atoms with Crippen molar-refractivity contribution in [2.75, 3.05) is 54.0 Å². The van der Waals surface area contributed by atoms with Gasteiger partial charge in [0.05, 0.1) is 0 Å². The molecule has 4 heterocycles. The van der Waals surface area contributed by atoms with E-state index < -0.39 is 0 Å². The molecule has 3 saturated heterocycles. The first kappa shape index (κ1) is 23.2. The van der Waals surface area contributed by atoms with Crippen molar-refractivity contribution in [3.05, 3.63) is 35.9 Å². The zero-order valence-electron chi connectivity index (χ0n) is 19.8. The molecule has 10 nitrogen and oxygen atoms in total. The molecule has 0 amide bonds. The molecule has 4 atom stereocenters. The Morgan fingerprint density at radius 2 is 1.18 bits per heavy atom. The predicted molar refractivity (Wildman–Crippen MR) is 135 cm³/mol. The zero-order valence-corrected chi connectivity index (χ0v) is 19.8. The van der Waals surface area contributed by atoms with Crippen LogP contribution in [0.25, 0.3) is 0 Å². The smallest absolute Gasteiger partial charge is 0.232 e. The Bertz CT molecular complexity index is 884. The summed E-state index contributed by atoms with van der Waals surface area (Å²) in [5.74, 6) is 2.51. The molecule has 0 bridgehead atoms. The minimum Gasteiger partial charge on any atom is -0.341 e. The predicted octanol–water partition coefficient (Wildman–Crippen LogP) is -0.215. The fourth-order valence-electron chi connectivity index (χ4n) is 5.53. The quantitative estimate of drug-likeness (QED) is 0.477. The molecule has 10 heteroatoms. The highest BCUT2D eigenvalue weighted by Crippen LogP contribution is 2.31. The largest absolute Gasteiger partial charge is 0.341 e. The second kappa shape index (κ2) is 9.99. The Balaban J connectivity index is 1.40. The van der Waals surface area contributed by atoms with Crippen molar-refractivity contribution >= 4 is 17.8 Å². The van der Waals surface area contributed by atoms with E-state index in [1.165, 1.54) is 5.56 Å². The van der Waals surface area contributed by atoms with Gasteiger partial charge in [-0.3, -0.25) is 0 Å². The molecular formula is C24H37N10. The van der Waals surface area contributed by atoms with Crippen molar-refractivity contribution in [2.45, 2.75) is 55.8 Å². The van der Waals surface area contributed by atoms with E-state index in [0.29, 0.717) is 49.9 Å². The second-order valence-electron chi connectivity index (χ2n) is 10.2. The minimum absolute atomic E-state index is 0.00247. The van der Waals surface area contributed by atoms with E-state index in [1.807, 2.05) is 6.07 Å². The summed E-state index contributed by atoms with van der Waals surface area (Å²) in [5.41, 5.74) is 26.4. The Labute approximate surface area is 201 Å². The Kier molecular flexibility index (Phi) is 6.82. The summed E-state index contributed by atoms with van der Waals surface area (Å²) in [6.45, 7) is 4.51. The number of nitrogens with zero attached hydrogens (tertiary/aromatic N) is 6. The average Bonchev–Trinajstić information content (AvgIpc) is 2.83. The highest BCUT2D eigenvalue weighted by atomic mass is 15.4. The lowest BCUT2D eigenvalue weighted by molar-refractivity contribution is 0.440. The molecule has 0 spiro atoms. The SMILES string of the molecule is N[C@@H]1C[C@H](N)CN(c2nc(N3CCC(c4c[c]ccc4)CC3)nc(N3C[C@H](N)C[C@H](N)C3)n2)C1. The molecule has 8 N–H and O–H groups in total. The van der Waals surface area contributed by atoms with Crippen LogP contribution in [0.4, 0.5) is 17.8 Å². The number of piperidine rings is 3. The first-order valence-corrected chi connectivity index (χ1v) is 12.4. The van der Waals surface area contributed by atoms with Gasteiger partial charge in [-0.15, -0.1) is 0 Å². The van der Waals surface area contributed by atoms with Gasteiger partial charge in [0.15, 0.2) is 0 Å². The topological polar surface area (TPSA) is 152 Å². The molecule has 0 aliphatic carbocycles. The molecule has 3 aliphatic rings. The Morgan fingerprint density at radius 3 is 1.62 bits per heavy atom. The van der Waals surface area contributed by atoms with Crippen LogP contribution in [-0.2, 0) is 0 Å². The van der Waals surface area contributed by atoms with Gasteiger partial charge in [-0.05, 0) is 43.2 Å². The summed E-state index contributed by atoms with van der Waals surface area (Å²) in [6, 6.07) is 11.5. The summed E-state index contributed by atoms with van der Waals surface area (Å²) in [5, 5.41) is 0. The third kappa shape index (κ3) is 5.25. The molecule has 1 aromatic heterocycles. The number of anilines is 3. The van der Waals surface area contributed by atoms with Gasteiger partial charge in [-0.1, -0.05) is 24.3 Å². The second-order valence-corrected chi connectivity index (χ2v) is 10.2. The standard InChI is InChI=1S/C24H37N10/c25-18-10-19(26)13-33(12-18)23-29-22(30-24(31-23)34-14-20(27)11-21(28)15-34)32-8-6-17(7-9-32)16-4-2-1-3-5-16/h1-2,4-5,17-21H,6-15,25-28H2/t18-,19+,20-,21+. The third-order valence-corrected chi connectivity index (χ3v) is 7.18. The first-order chi connectivity index (χ1) is 16.4. The van der Waals surface area contributed by atoms with E-state index in [4.69, 9.17) is 37.9 Å². The van der Waals surface area contributed by atoms with Crippen molar-refractivity contribution in [1.29, 1.82) is 0 Å². The molecule has 3 aliphatic heterocycles. The van der Waals surface area contributed by atoms with E-state index in [2.05, 4.69) is 39.0 Å². The first-order valence-electron chi connectivity index (χ1n) is 12.4. The van der Waals surface area contributed by atoms with Crippen LogP contribution in [0.2, 0.25) is 0 Å².